The third-order valence-electron chi connectivity index (χ3n) is 3.13. The Morgan fingerprint density at radius 2 is 2.14 bits per heavy atom. The minimum absolute atomic E-state index is 0.0219. The summed E-state index contributed by atoms with van der Waals surface area (Å²) < 4.78 is 33.9. The van der Waals surface area contributed by atoms with Crippen LogP contribution in [0.25, 0.3) is 0 Å². The SMILES string of the molecule is O=C(O)c1ccc(N2CC(CS(=O)(=O)F)CC2=O)c(Cl)c1. The second-order valence-corrected chi connectivity index (χ2v) is 6.57. The number of carboxylic acid groups (broad SMARTS) is 1. The Morgan fingerprint density at radius 3 is 2.67 bits per heavy atom. The lowest BCUT2D eigenvalue weighted by molar-refractivity contribution is -0.117. The molecule has 1 atom stereocenters. The monoisotopic (exact) mass is 335 g/mol. The molecule has 6 nitrogen and oxygen atoms in total. The van der Waals surface area contributed by atoms with Gasteiger partial charge in [-0.05, 0) is 18.2 Å². The van der Waals surface area contributed by atoms with Crippen LogP contribution in [0.15, 0.2) is 18.2 Å². The molecule has 9 heteroatoms. The number of benzene rings is 1. The lowest BCUT2D eigenvalue weighted by atomic mass is 10.1. The first-order valence-electron chi connectivity index (χ1n) is 5.93. The molecule has 1 heterocycles. The van der Waals surface area contributed by atoms with Gasteiger partial charge in [-0.2, -0.15) is 8.42 Å². The molecule has 0 aromatic heterocycles. The minimum atomic E-state index is -4.65. The standard InChI is InChI=1S/C12H11ClFNO5S/c13-9-4-8(12(17)18)1-2-10(9)15-5-7(3-11(15)16)6-21(14,19)20/h1-2,4,7H,3,5-6H2,(H,17,18). The highest BCUT2D eigenvalue weighted by Gasteiger charge is 2.34. The summed E-state index contributed by atoms with van der Waals surface area (Å²) in [6.07, 6.45) is -0.0971. The number of carboxylic acids is 1. The third-order valence-corrected chi connectivity index (χ3v) is 4.30. The van der Waals surface area contributed by atoms with Gasteiger partial charge in [0.15, 0.2) is 0 Å². The quantitative estimate of drug-likeness (QED) is 0.845. The van der Waals surface area contributed by atoms with E-state index in [0.29, 0.717) is 0 Å². The van der Waals surface area contributed by atoms with Gasteiger partial charge in [0, 0.05) is 18.9 Å². The van der Waals surface area contributed by atoms with Crippen LogP contribution >= 0.6 is 11.6 Å². The maximum atomic E-state index is 12.7. The number of halogens is 2. The number of carbonyl (C=O) groups excluding carboxylic acids is 1. The smallest absolute Gasteiger partial charge is 0.335 e. The predicted molar refractivity (Wildman–Crippen MR) is 73.8 cm³/mol. The summed E-state index contributed by atoms with van der Waals surface area (Å²) in [6.45, 7) is 0.0219. The van der Waals surface area contributed by atoms with E-state index < -0.39 is 27.9 Å². The molecule has 1 fully saturated rings. The summed E-state index contributed by atoms with van der Waals surface area (Å²) in [7, 11) is -4.65. The Kier molecular flexibility index (Phi) is 4.20. The van der Waals surface area contributed by atoms with E-state index in [1.807, 2.05) is 0 Å². The van der Waals surface area contributed by atoms with Gasteiger partial charge in [0.2, 0.25) is 5.91 Å². The molecule has 1 aliphatic rings. The van der Waals surface area contributed by atoms with Gasteiger partial charge in [0.1, 0.15) is 0 Å². The van der Waals surface area contributed by atoms with Crippen molar-refractivity contribution in [1.29, 1.82) is 0 Å². The second-order valence-electron chi connectivity index (χ2n) is 4.75. The van der Waals surface area contributed by atoms with E-state index in [1.54, 1.807) is 0 Å². The second kappa shape index (κ2) is 5.61. The summed E-state index contributed by atoms with van der Waals surface area (Å²) in [5.41, 5.74) is 0.253. The highest BCUT2D eigenvalue weighted by atomic mass is 35.5. The summed E-state index contributed by atoms with van der Waals surface area (Å²) in [6, 6.07) is 3.86. The number of amides is 1. The summed E-state index contributed by atoms with van der Waals surface area (Å²) in [5.74, 6) is -2.91. The van der Waals surface area contributed by atoms with Crippen molar-refractivity contribution in [2.24, 2.45) is 5.92 Å². The van der Waals surface area contributed by atoms with Crippen LogP contribution in [0.5, 0.6) is 0 Å². The molecule has 1 unspecified atom stereocenters. The summed E-state index contributed by atoms with van der Waals surface area (Å²) >= 11 is 5.95. The molecule has 2 rings (SSSR count). The molecule has 0 spiro atoms. The molecule has 0 radical (unpaired) electrons. The van der Waals surface area contributed by atoms with Crippen LogP contribution in [-0.4, -0.2) is 37.7 Å². The number of hydrogen-bond acceptors (Lipinski definition) is 4. The maximum Gasteiger partial charge on any atom is 0.335 e. The average Bonchev–Trinajstić information content (AvgIpc) is 2.67. The fourth-order valence-corrected chi connectivity index (χ4v) is 3.34. The van der Waals surface area contributed by atoms with Crippen LogP contribution in [0.1, 0.15) is 16.8 Å². The first-order chi connectivity index (χ1) is 9.67. The summed E-state index contributed by atoms with van der Waals surface area (Å²) in [5, 5.41) is 8.90. The Balaban J connectivity index is 2.23. The molecular formula is C12H11ClFNO5S. The maximum absolute atomic E-state index is 12.7. The molecular weight excluding hydrogens is 325 g/mol. The van der Waals surface area contributed by atoms with E-state index in [-0.39, 0.29) is 35.1 Å². The molecule has 0 saturated carbocycles. The van der Waals surface area contributed by atoms with Gasteiger partial charge < -0.3 is 10.0 Å². The molecule has 1 aromatic rings. The van der Waals surface area contributed by atoms with Crippen molar-refractivity contribution in [3.63, 3.8) is 0 Å². The Morgan fingerprint density at radius 1 is 1.48 bits per heavy atom. The Labute approximate surface area is 125 Å². The van der Waals surface area contributed by atoms with E-state index in [9.17, 15) is 21.9 Å². The average molecular weight is 336 g/mol. The van der Waals surface area contributed by atoms with Crippen molar-refractivity contribution >= 4 is 39.4 Å². The van der Waals surface area contributed by atoms with Gasteiger partial charge in [0.25, 0.3) is 0 Å². The molecule has 1 aromatic carbocycles. The molecule has 21 heavy (non-hydrogen) atoms. The Hall–Kier alpha value is -1.67. The molecule has 1 N–H and O–H groups in total. The molecule has 1 saturated heterocycles. The van der Waals surface area contributed by atoms with Crippen molar-refractivity contribution in [3.05, 3.63) is 28.8 Å². The fourth-order valence-electron chi connectivity index (χ4n) is 2.27. The van der Waals surface area contributed by atoms with E-state index in [4.69, 9.17) is 16.7 Å². The first kappa shape index (κ1) is 15.7. The zero-order chi connectivity index (χ0) is 15.8. The van der Waals surface area contributed by atoms with Gasteiger partial charge >= 0.3 is 16.2 Å². The van der Waals surface area contributed by atoms with Crippen molar-refractivity contribution in [3.8, 4) is 0 Å². The van der Waals surface area contributed by atoms with E-state index in [1.165, 1.54) is 23.1 Å². The zero-order valence-corrected chi connectivity index (χ0v) is 12.2. The van der Waals surface area contributed by atoms with Crippen LogP contribution in [0, 0.1) is 5.92 Å². The molecule has 1 amide bonds. The van der Waals surface area contributed by atoms with Gasteiger partial charge in [-0.15, -0.1) is 3.89 Å². The third kappa shape index (κ3) is 3.70. The van der Waals surface area contributed by atoms with Crippen molar-refractivity contribution in [2.75, 3.05) is 17.2 Å². The van der Waals surface area contributed by atoms with Crippen LogP contribution in [0.4, 0.5) is 9.57 Å². The molecule has 0 aliphatic carbocycles. The van der Waals surface area contributed by atoms with Gasteiger partial charge in [0.05, 0.1) is 22.0 Å². The van der Waals surface area contributed by atoms with E-state index in [0.717, 1.165) is 0 Å². The largest absolute Gasteiger partial charge is 0.478 e. The van der Waals surface area contributed by atoms with E-state index >= 15 is 0 Å². The number of hydrogen-bond donors (Lipinski definition) is 1. The van der Waals surface area contributed by atoms with Crippen LogP contribution in [0.2, 0.25) is 5.02 Å². The van der Waals surface area contributed by atoms with Crippen LogP contribution in [-0.2, 0) is 15.0 Å². The normalized spacial score (nSPS) is 19.0. The van der Waals surface area contributed by atoms with Crippen molar-refractivity contribution in [1.82, 2.24) is 0 Å². The molecule has 0 bridgehead atoms. The predicted octanol–water partition coefficient (Wildman–Crippen LogP) is 1.69. The van der Waals surface area contributed by atoms with Gasteiger partial charge in [-0.1, -0.05) is 11.6 Å². The number of carbonyl (C=O) groups is 2. The Bertz CT molecular complexity index is 706. The first-order valence-corrected chi connectivity index (χ1v) is 7.86. The van der Waals surface area contributed by atoms with Gasteiger partial charge in [-0.25, -0.2) is 4.79 Å². The lowest BCUT2D eigenvalue weighted by Crippen LogP contribution is -2.25. The highest BCUT2D eigenvalue weighted by Crippen LogP contribution is 2.32. The van der Waals surface area contributed by atoms with Gasteiger partial charge in [-0.3, -0.25) is 4.79 Å². The minimum Gasteiger partial charge on any atom is -0.478 e. The van der Waals surface area contributed by atoms with Crippen LogP contribution < -0.4 is 4.90 Å². The zero-order valence-electron chi connectivity index (χ0n) is 10.6. The van der Waals surface area contributed by atoms with Crippen LogP contribution in [0.3, 0.4) is 0 Å². The molecule has 114 valence electrons. The van der Waals surface area contributed by atoms with Crippen molar-refractivity contribution in [2.45, 2.75) is 6.42 Å². The van der Waals surface area contributed by atoms with Crippen molar-refractivity contribution < 1.29 is 27.0 Å². The van der Waals surface area contributed by atoms with E-state index in [2.05, 4.69) is 0 Å². The number of nitrogens with zero attached hydrogens (tertiary/aromatic N) is 1. The number of aromatic carboxylic acids is 1. The summed E-state index contributed by atoms with van der Waals surface area (Å²) in [4.78, 5) is 23.9. The highest BCUT2D eigenvalue weighted by molar-refractivity contribution is 7.86. The molecule has 1 aliphatic heterocycles. The fraction of sp³-hybridized carbons (Fsp3) is 0.333. The lowest BCUT2D eigenvalue weighted by Gasteiger charge is -2.18. The topological polar surface area (TPSA) is 91.8 Å². The number of anilines is 1. The number of rotatable bonds is 4.